The van der Waals surface area contributed by atoms with Gasteiger partial charge in [-0.3, -0.25) is 9.59 Å². The number of ketones is 2. The Kier molecular flexibility index (Phi) is 31.2. The third-order valence-electron chi connectivity index (χ3n) is 9.18. The average molecular weight is 623 g/mol. The van der Waals surface area contributed by atoms with Gasteiger partial charge in [-0.2, -0.15) is 0 Å². The Morgan fingerprint density at radius 2 is 0.773 bits per heavy atom. The van der Waals surface area contributed by atoms with Crippen LogP contribution in [0.3, 0.4) is 0 Å². The standard InChI is InChI=1S/C39H74O5/c1-3-5-7-9-11-13-15-17-19-21-23-25-27-29-31-33-36(41)39(44,38(43)35-40)37(42)34-32-30-28-26-24-22-20-18-16-14-12-10-8-6-4-2/h17,19,38,40,43-44H,3-16,18,20-35H2,1-2H3/b19-17-. The summed E-state index contributed by atoms with van der Waals surface area (Å²) in [6.07, 6.45) is 36.2. The molecule has 0 aromatic heterocycles. The van der Waals surface area contributed by atoms with Crippen molar-refractivity contribution in [1.82, 2.24) is 0 Å². The van der Waals surface area contributed by atoms with E-state index in [1.165, 1.54) is 116 Å². The van der Waals surface area contributed by atoms with Crippen LogP contribution in [0.1, 0.15) is 206 Å². The Hall–Kier alpha value is -1.04. The van der Waals surface area contributed by atoms with Gasteiger partial charge in [-0.25, -0.2) is 0 Å². The van der Waals surface area contributed by atoms with E-state index in [4.69, 9.17) is 0 Å². The maximum atomic E-state index is 12.9. The van der Waals surface area contributed by atoms with Crippen LogP contribution in [0, 0.1) is 0 Å². The second kappa shape index (κ2) is 31.9. The number of allylic oxidation sites excluding steroid dienone is 2. The quantitative estimate of drug-likeness (QED) is 0.0371. The number of rotatable bonds is 35. The normalized spacial score (nSPS) is 13.8. The van der Waals surface area contributed by atoms with Crippen LogP contribution in [0.25, 0.3) is 0 Å². The number of aliphatic hydroxyl groups excluding tert-OH is 2. The van der Waals surface area contributed by atoms with Gasteiger partial charge in [-0.15, -0.1) is 0 Å². The van der Waals surface area contributed by atoms with Gasteiger partial charge in [0, 0.05) is 12.8 Å². The van der Waals surface area contributed by atoms with Crippen molar-refractivity contribution in [3.63, 3.8) is 0 Å². The van der Waals surface area contributed by atoms with Crippen molar-refractivity contribution in [3.05, 3.63) is 12.2 Å². The van der Waals surface area contributed by atoms with E-state index in [2.05, 4.69) is 26.0 Å². The lowest BCUT2D eigenvalue weighted by Crippen LogP contribution is -2.57. The van der Waals surface area contributed by atoms with Crippen LogP contribution in [-0.4, -0.2) is 45.2 Å². The van der Waals surface area contributed by atoms with Crippen LogP contribution in [0.4, 0.5) is 0 Å². The van der Waals surface area contributed by atoms with Crippen molar-refractivity contribution in [2.24, 2.45) is 0 Å². The van der Waals surface area contributed by atoms with Crippen molar-refractivity contribution in [2.45, 2.75) is 218 Å². The highest BCUT2D eigenvalue weighted by atomic mass is 16.4. The molecule has 0 heterocycles. The van der Waals surface area contributed by atoms with Gasteiger partial charge in [0.2, 0.25) is 5.60 Å². The first-order valence-corrected chi connectivity index (χ1v) is 19.2. The first-order valence-electron chi connectivity index (χ1n) is 19.2. The molecule has 44 heavy (non-hydrogen) atoms. The maximum Gasteiger partial charge on any atom is 0.209 e. The molecular formula is C39H74O5. The predicted octanol–water partition coefficient (Wildman–Crippen LogP) is 10.5. The Labute approximate surface area is 273 Å². The first kappa shape index (κ1) is 43.0. The number of aliphatic hydroxyl groups is 3. The molecule has 0 aliphatic heterocycles. The minimum atomic E-state index is -2.48. The summed E-state index contributed by atoms with van der Waals surface area (Å²) < 4.78 is 0. The highest BCUT2D eigenvalue weighted by molar-refractivity contribution is 6.10. The zero-order chi connectivity index (χ0) is 32.6. The van der Waals surface area contributed by atoms with Gasteiger partial charge in [0.15, 0.2) is 11.6 Å². The fraction of sp³-hybridized carbons (Fsp3) is 0.897. The molecule has 260 valence electrons. The van der Waals surface area contributed by atoms with Gasteiger partial charge in [-0.05, 0) is 38.5 Å². The lowest BCUT2D eigenvalue weighted by molar-refractivity contribution is -0.166. The highest BCUT2D eigenvalue weighted by Crippen LogP contribution is 2.22. The van der Waals surface area contributed by atoms with Crippen LogP contribution in [0.5, 0.6) is 0 Å². The lowest BCUT2D eigenvalue weighted by Gasteiger charge is -2.29. The molecular weight excluding hydrogens is 548 g/mol. The molecule has 0 rings (SSSR count). The molecule has 0 bridgehead atoms. The van der Waals surface area contributed by atoms with E-state index < -0.39 is 29.9 Å². The molecule has 0 radical (unpaired) electrons. The van der Waals surface area contributed by atoms with Crippen molar-refractivity contribution in [1.29, 1.82) is 0 Å². The number of carbonyl (C=O) groups is 2. The summed E-state index contributed by atoms with van der Waals surface area (Å²) in [5.74, 6) is -1.30. The molecule has 2 atom stereocenters. The van der Waals surface area contributed by atoms with Gasteiger partial charge < -0.3 is 15.3 Å². The van der Waals surface area contributed by atoms with Gasteiger partial charge in [-0.1, -0.05) is 167 Å². The van der Waals surface area contributed by atoms with Gasteiger partial charge in [0.1, 0.15) is 6.10 Å². The minimum Gasteiger partial charge on any atom is -0.394 e. The van der Waals surface area contributed by atoms with E-state index in [1.54, 1.807) is 0 Å². The first-order chi connectivity index (χ1) is 21.4. The number of hydrogen-bond acceptors (Lipinski definition) is 5. The second-order valence-corrected chi connectivity index (χ2v) is 13.3. The Balaban J connectivity index is 3.97. The topological polar surface area (TPSA) is 94.8 Å². The van der Waals surface area contributed by atoms with Crippen molar-refractivity contribution in [2.75, 3.05) is 6.61 Å². The molecule has 0 aliphatic rings. The lowest BCUT2D eigenvalue weighted by atomic mass is 9.82. The van der Waals surface area contributed by atoms with Gasteiger partial charge >= 0.3 is 0 Å². The monoisotopic (exact) mass is 623 g/mol. The van der Waals surface area contributed by atoms with Crippen molar-refractivity contribution < 1.29 is 24.9 Å². The number of Topliss-reactive ketones (excluding diaryl/α,β-unsaturated/α-hetero) is 2. The molecule has 0 saturated carbocycles. The van der Waals surface area contributed by atoms with Gasteiger partial charge in [0.25, 0.3) is 0 Å². The van der Waals surface area contributed by atoms with E-state index in [1.807, 2.05) is 0 Å². The molecule has 0 amide bonds. The third kappa shape index (κ3) is 23.3. The summed E-state index contributed by atoms with van der Waals surface area (Å²) in [5, 5.41) is 30.6. The summed E-state index contributed by atoms with van der Waals surface area (Å²) >= 11 is 0. The maximum absolute atomic E-state index is 12.9. The fourth-order valence-electron chi connectivity index (χ4n) is 6.05. The molecule has 5 nitrogen and oxygen atoms in total. The molecule has 0 aromatic rings. The molecule has 0 fully saturated rings. The third-order valence-corrected chi connectivity index (χ3v) is 9.18. The zero-order valence-corrected chi connectivity index (χ0v) is 29.3. The SMILES string of the molecule is CCCCCCCC/C=C\CCCCCCCC(=O)C(O)(C(=O)CCCCCCCCCCCCCCCCC)C(O)CO. The number of unbranched alkanes of at least 4 members (excludes halogenated alkanes) is 25. The summed E-state index contributed by atoms with van der Waals surface area (Å²) in [6, 6.07) is 0. The van der Waals surface area contributed by atoms with Crippen LogP contribution in [0.15, 0.2) is 12.2 Å². The van der Waals surface area contributed by atoms with Crippen LogP contribution >= 0.6 is 0 Å². The van der Waals surface area contributed by atoms with Crippen LogP contribution in [-0.2, 0) is 9.59 Å². The molecule has 0 saturated heterocycles. The summed E-state index contributed by atoms with van der Waals surface area (Å²) in [5.41, 5.74) is -2.48. The number of hydrogen-bond donors (Lipinski definition) is 3. The van der Waals surface area contributed by atoms with Crippen molar-refractivity contribution in [3.8, 4) is 0 Å². The average Bonchev–Trinajstić information content (AvgIpc) is 3.03. The smallest absolute Gasteiger partial charge is 0.209 e. The minimum absolute atomic E-state index is 0.0519. The second-order valence-electron chi connectivity index (χ2n) is 13.3. The van der Waals surface area contributed by atoms with E-state index in [-0.39, 0.29) is 12.8 Å². The predicted molar refractivity (Wildman–Crippen MR) is 187 cm³/mol. The van der Waals surface area contributed by atoms with E-state index in [9.17, 15) is 24.9 Å². The van der Waals surface area contributed by atoms with Crippen molar-refractivity contribution >= 4 is 11.6 Å². The molecule has 0 spiro atoms. The van der Waals surface area contributed by atoms with E-state index in [0.717, 1.165) is 51.4 Å². The fourth-order valence-corrected chi connectivity index (χ4v) is 6.05. The molecule has 0 aromatic carbocycles. The molecule has 0 aliphatic carbocycles. The Morgan fingerprint density at radius 3 is 1.07 bits per heavy atom. The van der Waals surface area contributed by atoms with Crippen LogP contribution < -0.4 is 0 Å². The Bertz CT molecular complexity index is 675. The summed E-state index contributed by atoms with van der Waals surface area (Å²) in [4.78, 5) is 25.7. The molecule has 3 N–H and O–H groups in total. The largest absolute Gasteiger partial charge is 0.394 e. The van der Waals surface area contributed by atoms with Crippen LogP contribution in [0.2, 0.25) is 0 Å². The highest BCUT2D eigenvalue weighted by Gasteiger charge is 2.48. The summed E-state index contributed by atoms with van der Waals surface area (Å²) in [6.45, 7) is 3.70. The number of carbonyl (C=O) groups excluding carboxylic acids is 2. The molecule has 5 heteroatoms. The van der Waals surface area contributed by atoms with Gasteiger partial charge in [0.05, 0.1) is 6.61 Å². The Morgan fingerprint density at radius 1 is 0.500 bits per heavy atom. The van der Waals surface area contributed by atoms with E-state index in [0.29, 0.717) is 12.8 Å². The summed E-state index contributed by atoms with van der Waals surface area (Å²) in [7, 11) is 0. The zero-order valence-electron chi connectivity index (χ0n) is 29.3. The van der Waals surface area contributed by atoms with E-state index >= 15 is 0 Å². The molecule has 2 unspecified atom stereocenters.